The van der Waals surface area contributed by atoms with Crippen LogP contribution in [0.1, 0.15) is 18.2 Å². The molecule has 0 bridgehead atoms. The molecule has 0 aliphatic heterocycles. The molecule has 24 heavy (non-hydrogen) atoms. The van der Waals surface area contributed by atoms with E-state index in [1.165, 1.54) is 12.1 Å². The zero-order valence-electron chi connectivity index (χ0n) is 13.2. The highest BCUT2D eigenvalue weighted by atomic mass is 19.1. The molecule has 2 heterocycles. The van der Waals surface area contributed by atoms with E-state index in [-0.39, 0.29) is 11.4 Å². The largest absolute Gasteiger partial charge is 0.305 e. The van der Waals surface area contributed by atoms with Crippen molar-refractivity contribution < 1.29 is 4.39 Å². The Morgan fingerprint density at radius 2 is 1.83 bits per heavy atom. The van der Waals surface area contributed by atoms with Gasteiger partial charge in [-0.25, -0.2) is 13.8 Å². The van der Waals surface area contributed by atoms with Crippen LogP contribution in [-0.4, -0.2) is 14.0 Å². The third-order valence-corrected chi connectivity index (χ3v) is 4.20. The first kappa shape index (κ1) is 14.6. The summed E-state index contributed by atoms with van der Waals surface area (Å²) in [4.78, 5) is 17.2. The number of halogens is 1. The van der Waals surface area contributed by atoms with E-state index in [9.17, 15) is 9.18 Å². The molecule has 0 saturated heterocycles. The zero-order valence-corrected chi connectivity index (χ0v) is 13.2. The van der Waals surface area contributed by atoms with Gasteiger partial charge in [-0.3, -0.25) is 4.79 Å². The molecular formula is C19H16FN3O. The first-order valence-corrected chi connectivity index (χ1v) is 7.91. The van der Waals surface area contributed by atoms with Crippen LogP contribution in [0.25, 0.3) is 16.8 Å². The van der Waals surface area contributed by atoms with Crippen molar-refractivity contribution in [3.63, 3.8) is 0 Å². The summed E-state index contributed by atoms with van der Waals surface area (Å²) in [6.45, 7) is 2.42. The smallest absolute Gasteiger partial charge is 0.259 e. The Bertz CT molecular complexity index is 1110. The fraction of sp³-hybridized carbons (Fsp3) is 0.158. The van der Waals surface area contributed by atoms with Gasteiger partial charge >= 0.3 is 0 Å². The number of para-hydroxylation sites is 2. The summed E-state index contributed by atoms with van der Waals surface area (Å²) in [7, 11) is 0. The van der Waals surface area contributed by atoms with E-state index >= 15 is 0 Å². The number of rotatable bonds is 3. The molecule has 0 aliphatic rings. The van der Waals surface area contributed by atoms with E-state index in [0.717, 1.165) is 22.3 Å². The van der Waals surface area contributed by atoms with E-state index in [1.54, 1.807) is 16.5 Å². The molecule has 4 aromatic rings. The van der Waals surface area contributed by atoms with Gasteiger partial charge in [0.1, 0.15) is 5.82 Å². The predicted octanol–water partition coefficient (Wildman–Crippen LogP) is 3.40. The van der Waals surface area contributed by atoms with Crippen LogP contribution in [0.4, 0.5) is 4.39 Å². The fourth-order valence-electron chi connectivity index (χ4n) is 3.07. The summed E-state index contributed by atoms with van der Waals surface area (Å²) in [6, 6.07) is 15.7. The molecular weight excluding hydrogens is 305 g/mol. The van der Waals surface area contributed by atoms with Gasteiger partial charge in [0.2, 0.25) is 5.78 Å². The lowest BCUT2D eigenvalue weighted by atomic mass is 10.2. The number of benzene rings is 2. The minimum absolute atomic E-state index is 0.0916. The Morgan fingerprint density at radius 3 is 2.58 bits per heavy atom. The number of hydrogen-bond donors (Lipinski definition) is 0. The van der Waals surface area contributed by atoms with E-state index in [1.807, 2.05) is 41.8 Å². The van der Waals surface area contributed by atoms with Crippen LogP contribution in [0.5, 0.6) is 0 Å². The molecule has 0 saturated carbocycles. The van der Waals surface area contributed by atoms with Crippen molar-refractivity contribution >= 4 is 16.8 Å². The summed E-state index contributed by atoms with van der Waals surface area (Å²) in [5.41, 5.74) is 3.20. The maximum Gasteiger partial charge on any atom is 0.259 e. The van der Waals surface area contributed by atoms with Crippen LogP contribution in [0.2, 0.25) is 0 Å². The minimum Gasteiger partial charge on any atom is -0.305 e. The number of hydrogen-bond acceptors (Lipinski definition) is 2. The van der Waals surface area contributed by atoms with Gasteiger partial charge in [0.25, 0.3) is 5.56 Å². The monoisotopic (exact) mass is 321 g/mol. The Morgan fingerprint density at radius 1 is 1.04 bits per heavy atom. The van der Waals surface area contributed by atoms with Gasteiger partial charge in [0.05, 0.1) is 17.6 Å². The maximum absolute atomic E-state index is 13.5. The van der Waals surface area contributed by atoms with Gasteiger partial charge in [0, 0.05) is 11.8 Å². The molecule has 4 rings (SSSR count). The third kappa shape index (κ3) is 2.29. The summed E-state index contributed by atoms with van der Waals surface area (Å²) < 4.78 is 17.1. The van der Waals surface area contributed by atoms with Crippen LogP contribution < -0.4 is 5.56 Å². The first-order chi connectivity index (χ1) is 11.7. The topological polar surface area (TPSA) is 39.3 Å². The molecule has 0 aliphatic carbocycles. The first-order valence-electron chi connectivity index (χ1n) is 7.91. The fourth-order valence-corrected chi connectivity index (χ4v) is 3.07. The molecule has 0 fully saturated rings. The number of nitrogens with zero attached hydrogens (tertiary/aromatic N) is 3. The Hall–Kier alpha value is -2.95. The number of aryl methyl sites for hydroxylation is 1. The van der Waals surface area contributed by atoms with Crippen LogP contribution >= 0.6 is 0 Å². The van der Waals surface area contributed by atoms with Crippen molar-refractivity contribution in [2.24, 2.45) is 0 Å². The van der Waals surface area contributed by atoms with Crippen molar-refractivity contribution in [2.75, 3.05) is 0 Å². The summed E-state index contributed by atoms with van der Waals surface area (Å²) >= 11 is 0. The van der Waals surface area contributed by atoms with Crippen molar-refractivity contribution in [1.29, 1.82) is 0 Å². The molecule has 0 spiro atoms. The van der Waals surface area contributed by atoms with Crippen molar-refractivity contribution in [2.45, 2.75) is 19.9 Å². The van der Waals surface area contributed by atoms with Gasteiger partial charge in [-0.05, 0) is 36.2 Å². The highest BCUT2D eigenvalue weighted by Gasteiger charge is 2.14. The standard InChI is InChI=1S/C19H16FN3O/c1-2-15-11-18(24)23-17-9-4-3-8-16(17)22(19(23)21-15)12-13-6-5-7-14(20)10-13/h3-11H,2,12H2,1H3. The van der Waals surface area contributed by atoms with Crippen molar-refractivity contribution in [3.05, 3.63) is 82.0 Å². The summed E-state index contributed by atoms with van der Waals surface area (Å²) in [5.74, 6) is 0.317. The second-order valence-electron chi connectivity index (χ2n) is 5.78. The molecule has 0 N–H and O–H groups in total. The van der Waals surface area contributed by atoms with Crippen LogP contribution in [0.3, 0.4) is 0 Å². The lowest BCUT2D eigenvalue weighted by Crippen LogP contribution is -2.15. The van der Waals surface area contributed by atoms with Crippen LogP contribution in [-0.2, 0) is 13.0 Å². The maximum atomic E-state index is 13.5. The van der Waals surface area contributed by atoms with Crippen LogP contribution in [0, 0.1) is 5.82 Å². The Balaban J connectivity index is 2.04. The van der Waals surface area contributed by atoms with Gasteiger partial charge in [-0.15, -0.1) is 0 Å². The van der Waals surface area contributed by atoms with Crippen molar-refractivity contribution in [3.8, 4) is 0 Å². The lowest BCUT2D eigenvalue weighted by Gasteiger charge is -2.07. The third-order valence-electron chi connectivity index (χ3n) is 4.20. The summed E-state index contributed by atoms with van der Waals surface area (Å²) in [5, 5.41) is 0. The molecule has 2 aromatic carbocycles. The van der Waals surface area contributed by atoms with Gasteiger partial charge in [-0.1, -0.05) is 31.2 Å². The zero-order chi connectivity index (χ0) is 16.7. The average molecular weight is 321 g/mol. The minimum atomic E-state index is -0.271. The highest BCUT2D eigenvalue weighted by molar-refractivity contribution is 5.80. The Labute approximate surface area is 137 Å². The number of imidazole rings is 1. The molecule has 0 atom stereocenters. The molecule has 0 unspecified atom stereocenters. The second kappa shape index (κ2) is 5.60. The van der Waals surface area contributed by atoms with Crippen molar-refractivity contribution in [1.82, 2.24) is 14.0 Å². The highest BCUT2D eigenvalue weighted by Crippen LogP contribution is 2.20. The molecule has 2 aromatic heterocycles. The van der Waals surface area contributed by atoms with Crippen LogP contribution in [0.15, 0.2) is 59.4 Å². The van der Waals surface area contributed by atoms with Gasteiger partial charge < -0.3 is 4.57 Å². The van der Waals surface area contributed by atoms with Gasteiger partial charge in [-0.2, -0.15) is 0 Å². The second-order valence-corrected chi connectivity index (χ2v) is 5.78. The normalized spacial score (nSPS) is 11.4. The van der Waals surface area contributed by atoms with E-state index in [4.69, 9.17) is 0 Å². The molecule has 0 amide bonds. The number of fused-ring (bicyclic) bond motifs is 3. The Kier molecular flexibility index (Phi) is 3.41. The molecule has 120 valence electrons. The number of aromatic nitrogens is 3. The van der Waals surface area contributed by atoms with Gasteiger partial charge in [0.15, 0.2) is 0 Å². The molecule has 0 radical (unpaired) electrons. The SMILES string of the molecule is CCc1cc(=O)n2c3ccccc3n(Cc3cccc(F)c3)c2n1. The average Bonchev–Trinajstić information content (AvgIpc) is 2.89. The predicted molar refractivity (Wildman–Crippen MR) is 91.8 cm³/mol. The van der Waals surface area contributed by atoms with E-state index < -0.39 is 0 Å². The van der Waals surface area contributed by atoms with E-state index in [2.05, 4.69) is 4.98 Å². The van der Waals surface area contributed by atoms with E-state index in [0.29, 0.717) is 18.7 Å². The summed E-state index contributed by atoms with van der Waals surface area (Å²) in [6.07, 6.45) is 0.688. The molecule has 5 heteroatoms. The lowest BCUT2D eigenvalue weighted by molar-refractivity contribution is 0.624. The quantitative estimate of drug-likeness (QED) is 0.580. The molecule has 4 nitrogen and oxygen atoms in total.